The number of allylic oxidation sites excluding steroid dienone is 1. The fourth-order valence-corrected chi connectivity index (χ4v) is 1.85. The number of alkyl halides is 3. The number of rotatable bonds is 1. The number of halogens is 3. The normalized spacial score (nSPS) is 16.2. The van der Waals surface area contributed by atoms with Gasteiger partial charge in [-0.15, -0.1) is 0 Å². The van der Waals surface area contributed by atoms with Crippen LogP contribution in [0.15, 0.2) is 46.4 Å². The smallest absolute Gasteiger partial charge is 0.247 e. The Hall–Kier alpha value is -1.43. The molecule has 0 amide bonds. The van der Waals surface area contributed by atoms with E-state index in [-0.39, 0.29) is 5.71 Å². The highest BCUT2D eigenvalue weighted by molar-refractivity contribution is 8.00. The summed E-state index contributed by atoms with van der Waals surface area (Å²) in [5.74, 6) is 0. The summed E-state index contributed by atoms with van der Waals surface area (Å²) in [6.07, 6.45) is -4.39. The number of nitrogens with one attached hydrogen (secondary N) is 1. The van der Waals surface area contributed by atoms with E-state index in [9.17, 15) is 13.2 Å². The molecule has 2 rings (SSSR count). The second-order valence-corrected chi connectivity index (χ2v) is 3.72. The Kier molecular flexibility index (Phi) is 2.91. The summed E-state index contributed by atoms with van der Waals surface area (Å²) in [5.41, 5.74) is -0.354. The van der Waals surface area contributed by atoms with Crippen LogP contribution in [0.1, 0.15) is 5.56 Å². The van der Waals surface area contributed by atoms with Crippen LogP contribution in [-0.2, 0) is 0 Å². The number of benzene rings is 1. The first kappa shape index (κ1) is 11.1. The van der Waals surface area contributed by atoms with Crippen LogP contribution in [0.4, 0.5) is 13.2 Å². The van der Waals surface area contributed by atoms with Gasteiger partial charge in [0.2, 0.25) is 0 Å². The largest absolute Gasteiger partial charge is 0.419 e. The molecule has 16 heavy (non-hydrogen) atoms. The predicted octanol–water partition coefficient (Wildman–Crippen LogP) is 3.09. The summed E-state index contributed by atoms with van der Waals surface area (Å²) in [5, 5.41) is 4.71. The van der Waals surface area contributed by atoms with Crippen molar-refractivity contribution < 1.29 is 13.2 Å². The third kappa shape index (κ3) is 2.21. The summed E-state index contributed by atoms with van der Waals surface area (Å²) in [7, 11) is 0. The molecular formula is C10H7F3N2S. The van der Waals surface area contributed by atoms with Crippen LogP contribution < -0.4 is 4.83 Å². The van der Waals surface area contributed by atoms with Gasteiger partial charge in [0, 0.05) is 11.0 Å². The lowest BCUT2D eigenvalue weighted by Gasteiger charge is -2.17. The Morgan fingerprint density at radius 3 is 2.44 bits per heavy atom. The zero-order valence-electron chi connectivity index (χ0n) is 7.95. The molecule has 0 saturated carbocycles. The Labute approximate surface area is 94.4 Å². The van der Waals surface area contributed by atoms with E-state index < -0.39 is 11.7 Å². The van der Waals surface area contributed by atoms with E-state index in [0.29, 0.717) is 5.56 Å². The fourth-order valence-electron chi connectivity index (χ4n) is 1.29. The summed E-state index contributed by atoms with van der Waals surface area (Å²) >= 11 is 0.809. The van der Waals surface area contributed by atoms with Gasteiger partial charge in [-0.2, -0.15) is 18.3 Å². The lowest BCUT2D eigenvalue weighted by Crippen LogP contribution is -2.24. The van der Waals surface area contributed by atoms with Gasteiger partial charge in [-0.25, -0.2) is 4.83 Å². The SMILES string of the molecule is FC(F)(F)C1=CSNN=C1c1ccccc1. The Bertz CT molecular complexity index is 437. The average molecular weight is 244 g/mol. The molecule has 0 saturated heterocycles. The third-order valence-electron chi connectivity index (χ3n) is 1.99. The van der Waals surface area contributed by atoms with Crippen molar-refractivity contribution in [3.05, 3.63) is 46.9 Å². The molecule has 0 atom stereocenters. The molecule has 1 heterocycles. The molecule has 1 N–H and O–H groups in total. The minimum absolute atomic E-state index is 0.0770. The maximum Gasteiger partial charge on any atom is 0.419 e. The molecule has 6 heteroatoms. The van der Waals surface area contributed by atoms with Crippen molar-refractivity contribution in [3.8, 4) is 0 Å². The maximum absolute atomic E-state index is 12.7. The minimum atomic E-state index is -4.39. The van der Waals surface area contributed by atoms with Gasteiger partial charge < -0.3 is 0 Å². The first-order chi connectivity index (χ1) is 7.59. The molecule has 1 aromatic rings. The second-order valence-electron chi connectivity index (χ2n) is 3.06. The third-order valence-corrected chi connectivity index (χ3v) is 2.54. The van der Waals surface area contributed by atoms with Crippen molar-refractivity contribution >= 4 is 17.7 Å². The second kappa shape index (κ2) is 4.21. The summed E-state index contributed by atoms with van der Waals surface area (Å²) in [6.45, 7) is 0. The minimum Gasteiger partial charge on any atom is -0.247 e. The molecule has 0 fully saturated rings. The first-order valence-electron chi connectivity index (χ1n) is 4.40. The van der Waals surface area contributed by atoms with Crippen LogP contribution >= 0.6 is 11.9 Å². The van der Waals surface area contributed by atoms with Crippen molar-refractivity contribution in [2.75, 3.05) is 0 Å². The molecule has 0 aliphatic carbocycles. The number of hydrazone groups is 1. The Morgan fingerprint density at radius 1 is 1.12 bits per heavy atom. The molecule has 0 radical (unpaired) electrons. The van der Waals surface area contributed by atoms with E-state index in [2.05, 4.69) is 9.93 Å². The molecule has 1 aromatic carbocycles. The van der Waals surface area contributed by atoms with E-state index in [0.717, 1.165) is 17.4 Å². The van der Waals surface area contributed by atoms with Crippen molar-refractivity contribution in [3.63, 3.8) is 0 Å². The zero-order chi connectivity index (χ0) is 11.6. The van der Waals surface area contributed by atoms with Gasteiger partial charge in [-0.05, 0) is 11.9 Å². The predicted molar refractivity (Wildman–Crippen MR) is 57.8 cm³/mol. The molecule has 0 unspecified atom stereocenters. The lowest BCUT2D eigenvalue weighted by atomic mass is 10.0. The zero-order valence-corrected chi connectivity index (χ0v) is 8.77. The molecule has 2 nitrogen and oxygen atoms in total. The monoisotopic (exact) mass is 244 g/mol. The topological polar surface area (TPSA) is 24.4 Å². The lowest BCUT2D eigenvalue weighted by molar-refractivity contribution is -0.0858. The van der Waals surface area contributed by atoms with Gasteiger partial charge in [-0.1, -0.05) is 30.3 Å². The first-order valence-corrected chi connectivity index (χ1v) is 5.28. The van der Waals surface area contributed by atoms with Crippen molar-refractivity contribution in [2.24, 2.45) is 5.10 Å². The van der Waals surface area contributed by atoms with Gasteiger partial charge in [0.15, 0.2) is 0 Å². The van der Waals surface area contributed by atoms with Gasteiger partial charge >= 0.3 is 6.18 Å². The van der Waals surface area contributed by atoms with Gasteiger partial charge in [0.1, 0.15) is 5.71 Å². The molecule has 1 aliphatic heterocycles. The highest BCUT2D eigenvalue weighted by Crippen LogP contribution is 2.32. The van der Waals surface area contributed by atoms with Crippen LogP contribution in [0.25, 0.3) is 0 Å². The summed E-state index contributed by atoms with van der Waals surface area (Å²) in [4.78, 5) is 2.46. The van der Waals surface area contributed by atoms with E-state index >= 15 is 0 Å². The molecule has 0 spiro atoms. The van der Waals surface area contributed by atoms with Gasteiger partial charge in [0.25, 0.3) is 0 Å². The van der Waals surface area contributed by atoms with Gasteiger partial charge in [-0.3, -0.25) is 0 Å². The molecule has 0 bridgehead atoms. The molecule has 84 valence electrons. The number of hydrogen-bond donors (Lipinski definition) is 1. The Morgan fingerprint density at radius 2 is 1.81 bits per heavy atom. The van der Waals surface area contributed by atoms with Crippen LogP contribution in [0, 0.1) is 0 Å². The average Bonchev–Trinajstić information content (AvgIpc) is 2.29. The van der Waals surface area contributed by atoms with Crippen molar-refractivity contribution in [2.45, 2.75) is 6.18 Å². The number of hydrogen-bond acceptors (Lipinski definition) is 3. The van der Waals surface area contributed by atoms with Crippen molar-refractivity contribution in [1.29, 1.82) is 0 Å². The van der Waals surface area contributed by atoms with E-state index in [4.69, 9.17) is 0 Å². The van der Waals surface area contributed by atoms with Crippen LogP contribution in [0.3, 0.4) is 0 Å². The van der Waals surface area contributed by atoms with Crippen LogP contribution in [0.5, 0.6) is 0 Å². The van der Waals surface area contributed by atoms with Gasteiger partial charge in [0.05, 0.1) is 5.57 Å². The van der Waals surface area contributed by atoms with Crippen molar-refractivity contribution in [1.82, 2.24) is 4.83 Å². The highest BCUT2D eigenvalue weighted by atomic mass is 32.2. The molecule has 0 aromatic heterocycles. The van der Waals surface area contributed by atoms with E-state index in [1.165, 1.54) is 0 Å². The number of nitrogens with zero attached hydrogens (tertiary/aromatic N) is 1. The van der Waals surface area contributed by atoms with Crippen LogP contribution in [-0.4, -0.2) is 11.9 Å². The van der Waals surface area contributed by atoms with Crippen LogP contribution in [0.2, 0.25) is 0 Å². The Balaban J connectivity index is 2.41. The summed E-state index contributed by atoms with van der Waals surface area (Å²) < 4.78 is 38.1. The quantitative estimate of drug-likeness (QED) is 0.768. The maximum atomic E-state index is 12.7. The van der Waals surface area contributed by atoms with E-state index in [1.54, 1.807) is 30.3 Å². The standard InChI is InChI=1S/C10H7F3N2S/c11-10(12,13)8-6-16-15-14-9(8)7-4-2-1-3-5-7/h1-6,15H. The highest BCUT2D eigenvalue weighted by Gasteiger charge is 2.38. The molecular weight excluding hydrogens is 237 g/mol. The summed E-state index contributed by atoms with van der Waals surface area (Å²) in [6, 6.07) is 8.28. The van der Waals surface area contributed by atoms with E-state index in [1.807, 2.05) is 0 Å². The fraction of sp³-hybridized carbons (Fsp3) is 0.100. The molecule has 1 aliphatic rings.